The normalized spacial score (nSPS) is 11.5. The molecule has 0 fully saturated rings. The Morgan fingerprint density at radius 1 is 0.818 bits per heavy atom. The predicted molar refractivity (Wildman–Crippen MR) is 122 cm³/mol. The fourth-order valence-electron chi connectivity index (χ4n) is 3.11. The fourth-order valence-corrected chi connectivity index (χ4v) is 3.11. The van der Waals surface area contributed by atoms with Crippen LogP contribution in [0.15, 0.2) is 36.4 Å². The maximum atomic E-state index is 12.2. The summed E-state index contributed by atoms with van der Waals surface area (Å²) < 4.78 is 0. The van der Waals surface area contributed by atoms with E-state index in [1.54, 1.807) is 26.0 Å². The highest BCUT2D eigenvalue weighted by Gasteiger charge is 2.18. The van der Waals surface area contributed by atoms with Crippen molar-refractivity contribution in [2.24, 2.45) is 5.73 Å². The Kier molecular flexibility index (Phi) is 9.11. The summed E-state index contributed by atoms with van der Waals surface area (Å²) in [6.45, 7) is 3.57. The minimum atomic E-state index is -1.09. The number of Topliss-reactive ketones (excluding diaryl/α,β-unsaturated/α-hetero) is 2. The molecule has 0 bridgehead atoms. The lowest BCUT2D eigenvalue weighted by molar-refractivity contribution is -0.127. The summed E-state index contributed by atoms with van der Waals surface area (Å²) in [5, 5.41) is 25.1. The van der Waals surface area contributed by atoms with Crippen LogP contribution in [0.3, 0.4) is 0 Å². The SMILES string of the molecule is CCC(=O)c1ccc(CNC(=O)CC(N)C(=O)NCc2ccc(C(=O)CC)c(O)c2)cc1O. The zero-order valence-corrected chi connectivity index (χ0v) is 18.7. The first-order valence-electron chi connectivity index (χ1n) is 10.7. The number of ketones is 2. The Morgan fingerprint density at radius 2 is 1.27 bits per heavy atom. The summed E-state index contributed by atoms with van der Waals surface area (Å²) >= 11 is 0. The maximum Gasteiger partial charge on any atom is 0.237 e. The van der Waals surface area contributed by atoms with E-state index in [0.717, 1.165) is 0 Å². The van der Waals surface area contributed by atoms with E-state index in [4.69, 9.17) is 5.73 Å². The molecule has 0 aliphatic heterocycles. The van der Waals surface area contributed by atoms with Crippen LogP contribution in [-0.4, -0.2) is 39.6 Å². The van der Waals surface area contributed by atoms with Gasteiger partial charge in [-0.2, -0.15) is 0 Å². The number of carbonyl (C=O) groups excluding carboxylic acids is 4. The molecule has 2 aromatic rings. The van der Waals surface area contributed by atoms with Gasteiger partial charge in [0.15, 0.2) is 11.6 Å². The number of phenols is 2. The van der Waals surface area contributed by atoms with Gasteiger partial charge in [-0.1, -0.05) is 26.0 Å². The number of rotatable bonds is 11. The second-order valence-electron chi connectivity index (χ2n) is 7.56. The third kappa shape index (κ3) is 7.15. The van der Waals surface area contributed by atoms with Crippen molar-refractivity contribution in [1.82, 2.24) is 10.6 Å². The fraction of sp³-hybridized carbons (Fsp3) is 0.333. The molecule has 9 nitrogen and oxygen atoms in total. The van der Waals surface area contributed by atoms with Crippen molar-refractivity contribution in [3.05, 3.63) is 58.7 Å². The molecular weight excluding hydrogens is 426 g/mol. The summed E-state index contributed by atoms with van der Waals surface area (Å²) in [5.74, 6) is -1.67. The van der Waals surface area contributed by atoms with E-state index in [9.17, 15) is 29.4 Å². The molecule has 6 N–H and O–H groups in total. The van der Waals surface area contributed by atoms with Crippen LogP contribution in [0.4, 0.5) is 0 Å². The first kappa shape index (κ1) is 25.5. The molecular formula is C24H29N3O6. The van der Waals surface area contributed by atoms with E-state index in [2.05, 4.69) is 10.6 Å². The number of nitrogens with one attached hydrogen (secondary N) is 2. The van der Waals surface area contributed by atoms with Crippen molar-refractivity contribution in [2.45, 2.75) is 52.2 Å². The molecule has 0 radical (unpaired) electrons. The molecule has 0 saturated heterocycles. The van der Waals surface area contributed by atoms with Crippen LogP contribution in [0.5, 0.6) is 11.5 Å². The van der Waals surface area contributed by atoms with Crippen molar-refractivity contribution >= 4 is 23.4 Å². The van der Waals surface area contributed by atoms with Gasteiger partial charge in [0, 0.05) is 25.9 Å². The lowest BCUT2D eigenvalue weighted by Crippen LogP contribution is -2.43. The lowest BCUT2D eigenvalue weighted by Gasteiger charge is -2.13. The Balaban J connectivity index is 1.82. The molecule has 0 aliphatic rings. The zero-order valence-electron chi connectivity index (χ0n) is 18.7. The van der Waals surface area contributed by atoms with Gasteiger partial charge in [0.25, 0.3) is 0 Å². The number of carbonyl (C=O) groups is 4. The highest BCUT2D eigenvalue weighted by Crippen LogP contribution is 2.21. The number of hydrogen-bond donors (Lipinski definition) is 5. The van der Waals surface area contributed by atoms with E-state index in [0.29, 0.717) is 11.1 Å². The largest absolute Gasteiger partial charge is 0.507 e. The van der Waals surface area contributed by atoms with Gasteiger partial charge in [0.2, 0.25) is 11.8 Å². The molecule has 0 aromatic heterocycles. The molecule has 0 heterocycles. The van der Waals surface area contributed by atoms with Crippen LogP contribution < -0.4 is 16.4 Å². The quantitative estimate of drug-likeness (QED) is 0.324. The minimum Gasteiger partial charge on any atom is -0.507 e. The van der Waals surface area contributed by atoms with Gasteiger partial charge in [0.05, 0.1) is 23.6 Å². The Morgan fingerprint density at radius 3 is 1.70 bits per heavy atom. The van der Waals surface area contributed by atoms with E-state index in [1.165, 1.54) is 24.3 Å². The van der Waals surface area contributed by atoms with Crippen molar-refractivity contribution in [3.63, 3.8) is 0 Å². The van der Waals surface area contributed by atoms with Gasteiger partial charge in [-0.05, 0) is 35.4 Å². The minimum absolute atomic E-state index is 0.0738. The Bertz CT molecular complexity index is 1050. The number of nitrogens with two attached hydrogens (primary N) is 1. The third-order valence-electron chi connectivity index (χ3n) is 5.07. The van der Waals surface area contributed by atoms with Crippen molar-refractivity contribution < 1.29 is 29.4 Å². The van der Waals surface area contributed by atoms with Crippen LogP contribution in [0, 0.1) is 0 Å². The van der Waals surface area contributed by atoms with Crippen molar-refractivity contribution in [1.29, 1.82) is 0 Å². The first-order valence-corrected chi connectivity index (χ1v) is 10.7. The topological polar surface area (TPSA) is 159 Å². The average molecular weight is 456 g/mol. The van der Waals surface area contributed by atoms with Crippen LogP contribution in [0.25, 0.3) is 0 Å². The van der Waals surface area contributed by atoms with Gasteiger partial charge in [-0.3, -0.25) is 19.2 Å². The lowest BCUT2D eigenvalue weighted by atomic mass is 10.0. The molecule has 1 unspecified atom stereocenters. The molecule has 2 rings (SSSR count). The van der Waals surface area contributed by atoms with Gasteiger partial charge in [-0.15, -0.1) is 0 Å². The van der Waals surface area contributed by atoms with Gasteiger partial charge >= 0.3 is 0 Å². The molecule has 33 heavy (non-hydrogen) atoms. The maximum absolute atomic E-state index is 12.2. The summed E-state index contributed by atoms with van der Waals surface area (Å²) in [4.78, 5) is 47.8. The number of phenolic OH excluding ortho intramolecular Hbond substituents is 2. The van der Waals surface area contributed by atoms with E-state index >= 15 is 0 Å². The monoisotopic (exact) mass is 455 g/mol. The van der Waals surface area contributed by atoms with Crippen LogP contribution in [0.1, 0.15) is 65.0 Å². The molecule has 9 heteroatoms. The smallest absolute Gasteiger partial charge is 0.237 e. The predicted octanol–water partition coefficient (Wildman–Crippen LogP) is 1.93. The van der Waals surface area contributed by atoms with Crippen LogP contribution in [-0.2, 0) is 22.7 Å². The Labute approximate surface area is 192 Å². The summed E-state index contributed by atoms with van der Waals surface area (Å²) in [7, 11) is 0. The van der Waals surface area contributed by atoms with Crippen molar-refractivity contribution in [2.75, 3.05) is 0 Å². The van der Waals surface area contributed by atoms with E-state index in [1.807, 2.05) is 0 Å². The van der Waals surface area contributed by atoms with Crippen LogP contribution in [0.2, 0.25) is 0 Å². The van der Waals surface area contributed by atoms with Crippen molar-refractivity contribution in [3.8, 4) is 11.5 Å². The van der Waals surface area contributed by atoms with Gasteiger partial charge in [-0.25, -0.2) is 0 Å². The summed E-state index contributed by atoms with van der Waals surface area (Å²) in [6.07, 6.45) is 0.291. The number of benzene rings is 2. The van der Waals surface area contributed by atoms with E-state index in [-0.39, 0.29) is 66.5 Å². The molecule has 2 amide bonds. The second kappa shape index (κ2) is 11.8. The summed E-state index contributed by atoms with van der Waals surface area (Å²) in [6, 6.07) is 7.97. The zero-order chi connectivity index (χ0) is 24.5. The Hall–Kier alpha value is -3.72. The highest BCUT2D eigenvalue weighted by atomic mass is 16.3. The molecule has 1 atom stereocenters. The molecule has 0 aliphatic carbocycles. The molecule has 176 valence electrons. The molecule has 0 saturated carbocycles. The standard InChI is InChI=1S/C24H29N3O6/c1-3-19(28)16-7-5-14(9-21(16)30)12-26-23(32)11-18(25)24(33)27-13-15-6-8-17(20(29)4-2)22(31)10-15/h5-10,18,30-31H,3-4,11-13,25H2,1-2H3,(H,26,32)(H,27,33). The van der Waals surface area contributed by atoms with Gasteiger partial charge < -0.3 is 26.6 Å². The third-order valence-corrected chi connectivity index (χ3v) is 5.07. The number of aromatic hydroxyl groups is 2. The van der Waals surface area contributed by atoms with Gasteiger partial charge in [0.1, 0.15) is 11.5 Å². The van der Waals surface area contributed by atoms with Crippen LogP contribution >= 0.6 is 0 Å². The highest BCUT2D eigenvalue weighted by molar-refractivity contribution is 5.99. The first-order chi connectivity index (χ1) is 15.7. The molecule has 2 aromatic carbocycles. The molecule has 0 spiro atoms. The second-order valence-corrected chi connectivity index (χ2v) is 7.56. The number of hydrogen-bond acceptors (Lipinski definition) is 7. The average Bonchev–Trinajstić information content (AvgIpc) is 2.80. The summed E-state index contributed by atoms with van der Waals surface area (Å²) in [5.41, 5.74) is 7.43. The number of amides is 2. The van der Waals surface area contributed by atoms with E-state index < -0.39 is 17.9 Å².